The summed E-state index contributed by atoms with van der Waals surface area (Å²) in [7, 11) is 2.60. The second-order valence-electron chi connectivity index (χ2n) is 16.7. The maximum Gasteiger partial charge on any atom is 0.407 e. The summed E-state index contributed by atoms with van der Waals surface area (Å²) in [6.07, 6.45) is 4.05. The van der Waals surface area contributed by atoms with E-state index in [9.17, 15) is 19.2 Å². The molecule has 5 atom stereocenters. The quantitative estimate of drug-likeness (QED) is 0.130. The van der Waals surface area contributed by atoms with E-state index in [4.69, 9.17) is 19.5 Å². The first-order chi connectivity index (χ1) is 28.4. The Labute approximate surface area is 345 Å². The lowest BCUT2D eigenvalue weighted by Gasteiger charge is -2.43. The summed E-state index contributed by atoms with van der Waals surface area (Å²) in [6.45, 7) is 11.5. The standard InChI is InChI=1S/C45H56N8O6/c1-25(2)37(50-44(56)58-6)42(54)52-18-9-11-36(52)40-47-24-35(49-40)32-16-14-28-20-29(12-13-30(28)21-32)31-15-17-33-23-46-41(48-34(33)22-31)39-27(5)10-8-19-53(39)43(55)38(26(3)4)51-45(57)59-7/h12-17,20-22,24-27,36-39H,8-11,18-19,23H2,1-7H3,(H,46,48)(H,47,49)(H,50,56)(H,51,57). The number of imidazole rings is 1. The van der Waals surface area contributed by atoms with E-state index in [0.29, 0.717) is 19.6 Å². The topological polar surface area (TPSA) is 170 Å². The van der Waals surface area contributed by atoms with Gasteiger partial charge in [-0.2, -0.15) is 0 Å². The fourth-order valence-corrected chi connectivity index (χ4v) is 8.69. The number of amidine groups is 1. The highest BCUT2D eigenvalue weighted by molar-refractivity contribution is 6.04. The highest BCUT2D eigenvalue weighted by Gasteiger charge is 2.41. The van der Waals surface area contributed by atoms with E-state index < -0.39 is 24.3 Å². The Hall–Kier alpha value is -5.92. The molecule has 2 fully saturated rings. The number of aliphatic imine (C=N–C) groups is 1. The Kier molecular flexibility index (Phi) is 12.2. The number of piperidine rings is 1. The smallest absolute Gasteiger partial charge is 0.407 e. The van der Waals surface area contributed by atoms with E-state index in [1.54, 1.807) is 0 Å². The maximum atomic E-state index is 14.0. The van der Waals surface area contributed by atoms with E-state index in [2.05, 4.69) is 82.5 Å². The van der Waals surface area contributed by atoms with Crippen molar-refractivity contribution in [1.82, 2.24) is 30.4 Å². The third-order valence-electron chi connectivity index (χ3n) is 12.0. The molecule has 4 N–H and O–H groups in total. The summed E-state index contributed by atoms with van der Waals surface area (Å²) in [4.78, 5) is 68.6. The van der Waals surface area contributed by atoms with Crippen molar-refractivity contribution in [3.63, 3.8) is 0 Å². The molecule has 0 spiro atoms. The van der Waals surface area contributed by atoms with Crippen molar-refractivity contribution in [3.05, 3.63) is 72.2 Å². The molecule has 3 aromatic carbocycles. The fraction of sp³-hybridized carbons (Fsp3) is 0.467. The van der Waals surface area contributed by atoms with Gasteiger partial charge in [0.05, 0.1) is 44.7 Å². The minimum atomic E-state index is -0.707. The van der Waals surface area contributed by atoms with Gasteiger partial charge in [0.25, 0.3) is 0 Å². The molecule has 3 aliphatic heterocycles. The van der Waals surface area contributed by atoms with Crippen molar-refractivity contribution in [2.24, 2.45) is 22.7 Å². The van der Waals surface area contributed by atoms with Crippen molar-refractivity contribution in [1.29, 1.82) is 0 Å². The van der Waals surface area contributed by atoms with Crippen LogP contribution in [0.2, 0.25) is 0 Å². The van der Waals surface area contributed by atoms with Gasteiger partial charge in [0.15, 0.2) is 0 Å². The molecule has 2 saturated heterocycles. The summed E-state index contributed by atoms with van der Waals surface area (Å²) in [5, 5.41) is 11.2. The number of ether oxygens (including phenoxy) is 2. The van der Waals surface area contributed by atoms with Gasteiger partial charge >= 0.3 is 12.2 Å². The van der Waals surface area contributed by atoms with Gasteiger partial charge in [-0.1, -0.05) is 71.0 Å². The SMILES string of the molecule is COC(=O)NC(C(=O)N1CCCC1c1ncc(-c2ccc3cc(-c4ccc5c(c4)NC(C4C(C)CCCN4C(=O)C(NC(=O)OC)C(C)C)=NC5)ccc3c2)[nH]1)C(C)C. The van der Waals surface area contributed by atoms with E-state index in [0.717, 1.165) is 81.8 Å². The van der Waals surface area contributed by atoms with Gasteiger partial charge in [-0.3, -0.25) is 14.6 Å². The zero-order valence-electron chi connectivity index (χ0n) is 35.0. The van der Waals surface area contributed by atoms with Crippen molar-refractivity contribution in [2.45, 2.75) is 91.0 Å². The number of likely N-dealkylation sites (tertiary alicyclic amines) is 2. The number of hydrogen-bond acceptors (Lipinski definition) is 9. The number of carbonyl (C=O) groups is 4. The second kappa shape index (κ2) is 17.5. The second-order valence-corrected chi connectivity index (χ2v) is 16.7. The molecule has 14 nitrogen and oxygen atoms in total. The number of rotatable bonds is 10. The number of fused-ring (bicyclic) bond motifs is 2. The zero-order valence-corrected chi connectivity index (χ0v) is 35.0. The molecule has 0 radical (unpaired) electrons. The van der Waals surface area contributed by atoms with Crippen LogP contribution in [0, 0.1) is 17.8 Å². The van der Waals surface area contributed by atoms with Gasteiger partial charge in [0.1, 0.15) is 23.7 Å². The minimum Gasteiger partial charge on any atom is -0.453 e. The van der Waals surface area contributed by atoms with Crippen LogP contribution in [0.4, 0.5) is 15.3 Å². The van der Waals surface area contributed by atoms with Crippen molar-refractivity contribution in [2.75, 3.05) is 32.6 Å². The van der Waals surface area contributed by atoms with Crippen LogP contribution in [0.25, 0.3) is 33.2 Å². The molecule has 59 heavy (non-hydrogen) atoms. The average molecular weight is 805 g/mol. The minimum absolute atomic E-state index is 0.109. The number of carbonyl (C=O) groups excluding carboxylic acids is 4. The number of amides is 4. The van der Waals surface area contributed by atoms with Gasteiger partial charge in [0.2, 0.25) is 11.8 Å². The number of H-pyrrole nitrogens is 1. The van der Waals surface area contributed by atoms with Crippen LogP contribution in [0.1, 0.15) is 77.7 Å². The molecule has 7 rings (SSSR count). The Bertz CT molecular complexity index is 2250. The molecular formula is C45H56N8O6. The Balaban J connectivity index is 1.07. The number of aromatic amines is 1. The third kappa shape index (κ3) is 8.62. The zero-order chi connectivity index (χ0) is 42.0. The lowest BCUT2D eigenvalue weighted by atomic mass is 9.87. The first-order valence-corrected chi connectivity index (χ1v) is 20.7. The first-order valence-electron chi connectivity index (χ1n) is 20.7. The molecule has 0 bridgehead atoms. The van der Waals surface area contributed by atoms with Gasteiger partial charge in [0, 0.05) is 24.3 Å². The van der Waals surface area contributed by atoms with E-state index in [-0.39, 0.29) is 41.7 Å². The lowest BCUT2D eigenvalue weighted by molar-refractivity contribution is -0.137. The molecule has 0 aliphatic carbocycles. The Morgan fingerprint density at radius 1 is 0.763 bits per heavy atom. The molecular weight excluding hydrogens is 749 g/mol. The number of nitrogens with one attached hydrogen (secondary N) is 4. The predicted molar refractivity (Wildman–Crippen MR) is 228 cm³/mol. The Morgan fingerprint density at radius 3 is 2.00 bits per heavy atom. The number of hydrogen-bond donors (Lipinski definition) is 4. The maximum absolute atomic E-state index is 14.0. The van der Waals surface area contributed by atoms with Crippen molar-refractivity contribution < 1.29 is 28.7 Å². The largest absolute Gasteiger partial charge is 0.453 e. The number of benzene rings is 3. The van der Waals surface area contributed by atoms with Crippen LogP contribution in [-0.4, -0.2) is 95.0 Å². The highest BCUT2D eigenvalue weighted by Crippen LogP contribution is 2.36. The summed E-state index contributed by atoms with van der Waals surface area (Å²) < 4.78 is 9.61. The van der Waals surface area contributed by atoms with Crippen molar-refractivity contribution in [3.8, 4) is 22.4 Å². The number of anilines is 1. The summed E-state index contributed by atoms with van der Waals surface area (Å²) >= 11 is 0. The number of methoxy groups -OCH3 is 2. The molecule has 312 valence electrons. The summed E-state index contributed by atoms with van der Waals surface area (Å²) in [6, 6.07) is 17.3. The Morgan fingerprint density at radius 2 is 1.34 bits per heavy atom. The van der Waals surface area contributed by atoms with Gasteiger partial charge < -0.3 is 40.2 Å². The van der Waals surface area contributed by atoms with Crippen LogP contribution >= 0.6 is 0 Å². The van der Waals surface area contributed by atoms with Crippen LogP contribution < -0.4 is 16.0 Å². The molecule has 14 heteroatoms. The molecule has 5 unspecified atom stereocenters. The number of alkyl carbamates (subject to hydrolysis) is 2. The van der Waals surface area contributed by atoms with E-state index >= 15 is 0 Å². The van der Waals surface area contributed by atoms with Crippen LogP contribution in [-0.2, 0) is 25.6 Å². The fourth-order valence-electron chi connectivity index (χ4n) is 8.69. The monoisotopic (exact) mass is 804 g/mol. The first kappa shape index (κ1) is 41.2. The lowest BCUT2D eigenvalue weighted by Crippen LogP contribution is -2.60. The number of aromatic nitrogens is 2. The van der Waals surface area contributed by atoms with Gasteiger partial charge in [-0.05, 0) is 89.1 Å². The van der Waals surface area contributed by atoms with Gasteiger partial charge in [-0.15, -0.1) is 0 Å². The normalized spacial score (nSPS) is 20.1. The van der Waals surface area contributed by atoms with Crippen LogP contribution in [0.3, 0.4) is 0 Å². The molecule has 0 saturated carbocycles. The number of nitrogens with zero attached hydrogens (tertiary/aromatic N) is 4. The molecule has 4 heterocycles. The van der Waals surface area contributed by atoms with Crippen LogP contribution in [0.15, 0.2) is 65.8 Å². The van der Waals surface area contributed by atoms with E-state index in [1.165, 1.54) is 14.2 Å². The van der Waals surface area contributed by atoms with Crippen molar-refractivity contribution >= 4 is 46.3 Å². The molecule has 4 aromatic rings. The summed E-state index contributed by atoms with van der Waals surface area (Å²) in [5.41, 5.74) is 6.04. The van der Waals surface area contributed by atoms with Crippen LogP contribution in [0.5, 0.6) is 0 Å². The van der Waals surface area contributed by atoms with E-state index in [1.807, 2.05) is 43.7 Å². The molecule has 1 aromatic heterocycles. The summed E-state index contributed by atoms with van der Waals surface area (Å²) in [5.74, 6) is 1.17. The third-order valence-corrected chi connectivity index (χ3v) is 12.0. The average Bonchev–Trinajstić information content (AvgIpc) is 3.94. The van der Waals surface area contributed by atoms with Gasteiger partial charge in [-0.25, -0.2) is 14.6 Å². The molecule has 4 amide bonds. The molecule has 3 aliphatic rings. The highest BCUT2D eigenvalue weighted by atomic mass is 16.5. The predicted octanol–water partition coefficient (Wildman–Crippen LogP) is 7.27.